The van der Waals surface area contributed by atoms with E-state index in [1.54, 1.807) is 24.3 Å². The number of thioether (sulfide) groups is 1. The van der Waals surface area contributed by atoms with Crippen molar-refractivity contribution in [1.29, 1.82) is 0 Å². The van der Waals surface area contributed by atoms with Crippen LogP contribution in [-0.2, 0) is 20.1 Å². The quantitative estimate of drug-likeness (QED) is 0.734. The highest BCUT2D eigenvalue weighted by molar-refractivity contribution is 7.99. The third kappa shape index (κ3) is 5.51. The van der Waals surface area contributed by atoms with E-state index in [1.807, 2.05) is 13.8 Å². The van der Waals surface area contributed by atoms with Gasteiger partial charge in [-0.1, -0.05) is 28.9 Å². The molecule has 2 aromatic rings. The molecule has 0 saturated heterocycles. The minimum absolute atomic E-state index is 0.133. The van der Waals surface area contributed by atoms with Gasteiger partial charge in [-0.05, 0) is 32.9 Å². The molecule has 0 aliphatic heterocycles. The lowest BCUT2D eigenvalue weighted by atomic mass is 10.2. The zero-order valence-electron chi connectivity index (χ0n) is 14.2. The molecule has 0 aliphatic carbocycles. The van der Waals surface area contributed by atoms with Gasteiger partial charge in [-0.2, -0.15) is 0 Å². The van der Waals surface area contributed by atoms with Crippen molar-refractivity contribution in [3.8, 4) is 0 Å². The predicted molar refractivity (Wildman–Crippen MR) is 97.8 cm³/mol. The second-order valence-electron chi connectivity index (χ2n) is 5.40. The number of esters is 1. The van der Waals surface area contributed by atoms with Crippen LogP contribution >= 0.6 is 23.4 Å². The number of benzene rings is 1. The van der Waals surface area contributed by atoms with Crippen LogP contribution in [0, 0.1) is 13.8 Å². The molecule has 25 heavy (non-hydrogen) atoms. The van der Waals surface area contributed by atoms with Crippen molar-refractivity contribution in [2.45, 2.75) is 32.6 Å². The van der Waals surface area contributed by atoms with Crippen molar-refractivity contribution in [2.24, 2.45) is 0 Å². The first kappa shape index (κ1) is 19.3. The van der Waals surface area contributed by atoms with Crippen molar-refractivity contribution >= 4 is 40.9 Å². The van der Waals surface area contributed by atoms with Crippen molar-refractivity contribution < 1.29 is 18.8 Å². The zero-order chi connectivity index (χ0) is 18.4. The molecule has 0 aliphatic rings. The minimum atomic E-state index is -0.913. The Morgan fingerprint density at radius 1 is 1.36 bits per heavy atom. The summed E-state index contributed by atoms with van der Waals surface area (Å²) in [5.74, 6) is 0.575. The summed E-state index contributed by atoms with van der Waals surface area (Å²) in [5.41, 5.74) is 2.26. The summed E-state index contributed by atoms with van der Waals surface area (Å²) in [7, 11) is 0. The Labute approximate surface area is 155 Å². The Bertz CT molecular complexity index is 743. The van der Waals surface area contributed by atoms with Crippen molar-refractivity contribution in [1.82, 2.24) is 5.16 Å². The van der Waals surface area contributed by atoms with Gasteiger partial charge in [0.15, 0.2) is 6.10 Å². The third-order valence-corrected chi connectivity index (χ3v) is 4.72. The summed E-state index contributed by atoms with van der Waals surface area (Å²) in [6, 6.07) is 6.86. The molecule has 0 radical (unpaired) electrons. The molecule has 0 spiro atoms. The van der Waals surface area contributed by atoms with Crippen LogP contribution in [0.1, 0.15) is 23.9 Å². The van der Waals surface area contributed by atoms with E-state index in [2.05, 4.69) is 10.5 Å². The van der Waals surface area contributed by atoms with E-state index >= 15 is 0 Å². The number of hydrogen-bond acceptors (Lipinski definition) is 6. The first-order valence-electron chi connectivity index (χ1n) is 7.63. The van der Waals surface area contributed by atoms with Crippen LogP contribution in [0.25, 0.3) is 0 Å². The maximum atomic E-state index is 12.1. The van der Waals surface area contributed by atoms with Gasteiger partial charge in [0.1, 0.15) is 5.76 Å². The first-order valence-corrected chi connectivity index (χ1v) is 9.16. The lowest BCUT2D eigenvalue weighted by Crippen LogP contribution is -2.30. The fourth-order valence-corrected chi connectivity index (χ4v) is 3.16. The highest BCUT2D eigenvalue weighted by Crippen LogP contribution is 2.21. The number of nitrogens with one attached hydrogen (secondary N) is 1. The molecule has 0 bridgehead atoms. The Balaban J connectivity index is 1.77. The average Bonchev–Trinajstić information content (AvgIpc) is 2.88. The van der Waals surface area contributed by atoms with Gasteiger partial charge in [0.25, 0.3) is 5.91 Å². The Morgan fingerprint density at radius 3 is 2.72 bits per heavy atom. The first-order chi connectivity index (χ1) is 11.9. The summed E-state index contributed by atoms with van der Waals surface area (Å²) < 4.78 is 10.2. The second-order valence-corrected chi connectivity index (χ2v) is 6.79. The van der Waals surface area contributed by atoms with Crippen molar-refractivity contribution in [2.75, 3.05) is 11.1 Å². The van der Waals surface area contributed by atoms with Gasteiger partial charge >= 0.3 is 5.97 Å². The lowest BCUT2D eigenvalue weighted by molar-refractivity contribution is -0.150. The number of ether oxygens (including phenoxy) is 1. The normalized spacial score (nSPS) is 11.8. The zero-order valence-corrected chi connectivity index (χ0v) is 15.7. The molecule has 2 rings (SSSR count). The predicted octanol–water partition coefficient (Wildman–Crippen LogP) is 3.75. The topological polar surface area (TPSA) is 81.4 Å². The Morgan fingerprint density at radius 2 is 2.08 bits per heavy atom. The molecule has 1 N–H and O–H groups in total. The highest BCUT2D eigenvalue weighted by Gasteiger charge is 2.19. The molecule has 1 amide bonds. The SMILES string of the molecule is Cc1noc(C)c1CSCC(=O)OC(C)C(=O)Nc1ccccc1Cl. The lowest BCUT2D eigenvalue weighted by Gasteiger charge is -2.14. The van der Waals surface area contributed by atoms with Gasteiger partial charge in [0, 0.05) is 11.3 Å². The van der Waals surface area contributed by atoms with E-state index in [-0.39, 0.29) is 5.75 Å². The number of hydrogen-bond donors (Lipinski definition) is 1. The van der Waals surface area contributed by atoms with E-state index in [9.17, 15) is 9.59 Å². The largest absolute Gasteiger partial charge is 0.452 e. The van der Waals surface area contributed by atoms with Gasteiger partial charge in [-0.25, -0.2) is 0 Å². The summed E-state index contributed by atoms with van der Waals surface area (Å²) in [4.78, 5) is 24.0. The maximum Gasteiger partial charge on any atom is 0.316 e. The van der Waals surface area contributed by atoms with Gasteiger partial charge in [-0.15, -0.1) is 11.8 Å². The molecule has 0 saturated carbocycles. The number of nitrogens with zero attached hydrogens (tertiary/aromatic N) is 1. The molecule has 1 aromatic carbocycles. The van der Waals surface area contributed by atoms with Gasteiger partial charge in [-0.3, -0.25) is 9.59 Å². The molecule has 134 valence electrons. The molecule has 1 unspecified atom stereocenters. The molecule has 1 atom stereocenters. The Kier molecular flexibility index (Phi) is 6.90. The standard InChI is InChI=1S/C17H19ClN2O4S/c1-10-13(11(2)24-20-10)8-25-9-16(21)23-12(3)17(22)19-15-7-5-4-6-14(15)18/h4-7,12H,8-9H2,1-3H3,(H,19,22). The van der Waals surface area contributed by atoms with Gasteiger partial charge in [0.05, 0.1) is 22.2 Å². The molecule has 6 nitrogen and oxygen atoms in total. The van der Waals surface area contributed by atoms with Crippen LogP contribution < -0.4 is 5.32 Å². The number of rotatable bonds is 7. The third-order valence-electron chi connectivity index (χ3n) is 3.46. The molecule has 8 heteroatoms. The molecule has 1 aromatic heterocycles. The van der Waals surface area contributed by atoms with E-state index in [1.165, 1.54) is 18.7 Å². The summed E-state index contributed by atoms with van der Waals surface area (Å²) >= 11 is 7.36. The van der Waals surface area contributed by atoms with Crippen LogP contribution in [0.3, 0.4) is 0 Å². The van der Waals surface area contributed by atoms with Crippen LogP contribution in [0.2, 0.25) is 5.02 Å². The van der Waals surface area contributed by atoms with E-state index < -0.39 is 18.0 Å². The Hall–Kier alpha value is -1.99. The smallest absolute Gasteiger partial charge is 0.316 e. The fourth-order valence-electron chi connectivity index (χ4n) is 2.03. The van der Waals surface area contributed by atoms with Crippen LogP contribution in [0.15, 0.2) is 28.8 Å². The number of carbonyl (C=O) groups excluding carboxylic acids is 2. The van der Waals surface area contributed by atoms with Crippen molar-refractivity contribution in [3.05, 3.63) is 46.3 Å². The minimum Gasteiger partial charge on any atom is -0.452 e. The fraction of sp³-hybridized carbons (Fsp3) is 0.353. The van der Waals surface area contributed by atoms with Gasteiger partial charge < -0.3 is 14.6 Å². The van der Waals surface area contributed by atoms with Crippen molar-refractivity contribution in [3.63, 3.8) is 0 Å². The number of carbonyl (C=O) groups is 2. The van der Waals surface area contributed by atoms with E-state index in [4.69, 9.17) is 20.9 Å². The molecular weight excluding hydrogens is 364 g/mol. The number of halogens is 1. The summed E-state index contributed by atoms with van der Waals surface area (Å²) in [6.07, 6.45) is -0.913. The van der Waals surface area contributed by atoms with E-state index in [0.717, 1.165) is 17.0 Å². The monoisotopic (exact) mass is 382 g/mol. The average molecular weight is 383 g/mol. The molecular formula is C17H19ClN2O4S. The molecule has 0 fully saturated rings. The number of para-hydroxylation sites is 1. The number of anilines is 1. The molecule has 1 heterocycles. The highest BCUT2D eigenvalue weighted by atomic mass is 35.5. The van der Waals surface area contributed by atoms with Crippen LogP contribution in [0.4, 0.5) is 5.69 Å². The number of aryl methyl sites for hydroxylation is 2. The number of aromatic nitrogens is 1. The van der Waals surface area contributed by atoms with E-state index in [0.29, 0.717) is 16.5 Å². The number of amides is 1. The van der Waals surface area contributed by atoms with Crippen LogP contribution in [0.5, 0.6) is 0 Å². The second kappa shape index (κ2) is 8.92. The summed E-state index contributed by atoms with van der Waals surface area (Å²) in [6.45, 7) is 5.20. The summed E-state index contributed by atoms with van der Waals surface area (Å²) in [5, 5.41) is 6.92. The van der Waals surface area contributed by atoms with Crippen LogP contribution in [-0.4, -0.2) is 28.9 Å². The van der Waals surface area contributed by atoms with Gasteiger partial charge in [0.2, 0.25) is 0 Å². The maximum absolute atomic E-state index is 12.1.